The zero-order valence-corrected chi connectivity index (χ0v) is 11.1. The van der Waals surface area contributed by atoms with Crippen LogP contribution < -0.4 is 0 Å². The molecule has 0 bridgehead atoms. The van der Waals surface area contributed by atoms with Crippen LogP contribution in [0.3, 0.4) is 0 Å². The molecule has 0 fully saturated rings. The van der Waals surface area contributed by atoms with Gasteiger partial charge in [0.15, 0.2) is 5.69 Å². The Labute approximate surface area is 106 Å². The molecule has 0 aromatic carbocycles. The van der Waals surface area contributed by atoms with Gasteiger partial charge in [-0.15, -0.1) is 0 Å². The summed E-state index contributed by atoms with van der Waals surface area (Å²) in [5.74, 6) is -0.410. The normalized spacial score (nSPS) is 10.7. The summed E-state index contributed by atoms with van der Waals surface area (Å²) < 4.78 is 5.14. The van der Waals surface area contributed by atoms with E-state index >= 15 is 0 Å². The van der Waals surface area contributed by atoms with Crippen molar-refractivity contribution in [3.05, 3.63) is 17.0 Å². The van der Waals surface area contributed by atoms with Crippen LogP contribution in [0.25, 0.3) is 0 Å². The maximum absolute atomic E-state index is 12.0. The molecular weight excluding hydrogens is 236 g/mol. The minimum atomic E-state index is -0.936. The van der Waals surface area contributed by atoms with Crippen LogP contribution in [0.2, 0.25) is 0 Å². The largest absolute Gasteiger partial charge is 0.481 e. The van der Waals surface area contributed by atoms with E-state index in [0.29, 0.717) is 5.76 Å². The molecule has 6 nitrogen and oxygen atoms in total. The highest BCUT2D eigenvalue weighted by atomic mass is 16.5. The molecule has 1 heterocycles. The average Bonchev–Trinajstić information content (AvgIpc) is 2.66. The maximum atomic E-state index is 12.0. The number of carbonyl (C=O) groups excluding carboxylic acids is 1. The predicted octanol–water partition coefficient (Wildman–Crippen LogP) is 1.65. The van der Waals surface area contributed by atoms with Crippen molar-refractivity contribution < 1.29 is 19.2 Å². The van der Waals surface area contributed by atoms with E-state index in [9.17, 15) is 9.59 Å². The highest BCUT2D eigenvalue weighted by Crippen LogP contribution is 2.22. The third kappa shape index (κ3) is 3.09. The number of amides is 1. The summed E-state index contributed by atoms with van der Waals surface area (Å²) in [6, 6.07) is 0. The molecule has 0 saturated carbocycles. The fourth-order valence-corrected chi connectivity index (χ4v) is 1.63. The minimum Gasteiger partial charge on any atom is -0.481 e. The molecule has 1 amide bonds. The number of aromatic nitrogens is 1. The Kier molecular flexibility index (Phi) is 4.47. The third-order valence-corrected chi connectivity index (χ3v) is 2.69. The van der Waals surface area contributed by atoms with Gasteiger partial charge in [-0.3, -0.25) is 9.59 Å². The van der Waals surface area contributed by atoms with Crippen LogP contribution in [-0.4, -0.2) is 40.6 Å². The summed E-state index contributed by atoms with van der Waals surface area (Å²) in [5.41, 5.74) is 0.976. The summed E-state index contributed by atoms with van der Waals surface area (Å²) >= 11 is 0. The van der Waals surface area contributed by atoms with E-state index in [1.165, 1.54) is 4.90 Å². The van der Waals surface area contributed by atoms with Gasteiger partial charge in [-0.25, -0.2) is 0 Å². The van der Waals surface area contributed by atoms with Gasteiger partial charge in [0.2, 0.25) is 0 Å². The molecule has 18 heavy (non-hydrogen) atoms. The number of hydrogen-bond donors (Lipinski definition) is 1. The molecule has 0 aliphatic rings. The number of nitrogens with zero attached hydrogens (tertiary/aromatic N) is 2. The zero-order valence-electron chi connectivity index (χ0n) is 11.1. The molecule has 1 aromatic heterocycles. The number of rotatable bonds is 5. The molecule has 0 saturated heterocycles. The first-order chi connectivity index (χ1) is 8.34. The Morgan fingerprint density at radius 2 is 2.06 bits per heavy atom. The lowest BCUT2D eigenvalue weighted by Crippen LogP contribution is -2.29. The van der Waals surface area contributed by atoms with Crippen molar-refractivity contribution in [2.75, 3.05) is 13.6 Å². The first-order valence-electron chi connectivity index (χ1n) is 5.78. The van der Waals surface area contributed by atoms with Crippen LogP contribution in [0.1, 0.15) is 48.0 Å². The number of carbonyl (C=O) groups is 2. The molecule has 0 atom stereocenters. The SMILES string of the molecule is Cc1c(C(=O)N(C)CCC(=O)O)noc1C(C)C. The molecule has 6 heteroatoms. The second kappa shape index (κ2) is 5.66. The molecule has 0 aliphatic heterocycles. The highest BCUT2D eigenvalue weighted by molar-refractivity contribution is 5.93. The van der Waals surface area contributed by atoms with E-state index in [0.717, 1.165) is 5.56 Å². The fourth-order valence-electron chi connectivity index (χ4n) is 1.63. The Bertz CT molecular complexity index is 451. The minimum absolute atomic E-state index is 0.0871. The van der Waals surface area contributed by atoms with Crippen molar-refractivity contribution in [2.24, 2.45) is 0 Å². The molecule has 0 unspecified atom stereocenters. The number of carboxylic acids is 1. The lowest BCUT2D eigenvalue weighted by molar-refractivity contribution is -0.137. The van der Waals surface area contributed by atoms with Crippen molar-refractivity contribution in [3.63, 3.8) is 0 Å². The molecule has 0 aliphatic carbocycles. The van der Waals surface area contributed by atoms with Crippen LogP contribution in [0.4, 0.5) is 0 Å². The van der Waals surface area contributed by atoms with Gasteiger partial charge in [0.1, 0.15) is 5.76 Å². The molecule has 0 spiro atoms. The Balaban J connectivity index is 2.81. The van der Waals surface area contributed by atoms with Crippen molar-refractivity contribution >= 4 is 11.9 Å². The first-order valence-corrected chi connectivity index (χ1v) is 5.78. The molecule has 1 aromatic rings. The third-order valence-electron chi connectivity index (χ3n) is 2.69. The van der Waals surface area contributed by atoms with E-state index in [4.69, 9.17) is 9.63 Å². The Morgan fingerprint density at radius 3 is 2.50 bits per heavy atom. The Hall–Kier alpha value is -1.85. The maximum Gasteiger partial charge on any atom is 0.305 e. The average molecular weight is 254 g/mol. The number of aliphatic carboxylic acids is 1. The van der Waals surface area contributed by atoms with Gasteiger partial charge in [-0.1, -0.05) is 19.0 Å². The summed E-state index contributed by atoms with van der Waals surface area (Å²) in [7, 11) is 1.55. The molecule has 1 rings (SSSR count). The van der Waals surface area contributed by atoms with Crippen molar-refractivity contribution in [3.8, 4) is 0 Å². The van der Waals surface area contributed by atoms with Crippen molar-refractivity contribution in [1.82, 2.24) is 10.1 Å². The fraction of sp³-hybridized carbons (Fsp3) is 0.583. The van der Waals surface area contributed by atoms with Crippen LogP contribution in [0, 0.1) is 6.92 Å². The van der Waals surface area contributed by atoms with E-state index in [1.54, 1.807) is 14.0 Å². The van der Waals surface area contributed by atoms with Gasteiger partial charge < -0.3 is 14.5 Å². The van der Waals surface area contributed by atoms with E-state index < -0.39 is 5.97 Å². The summed E-state index contributed by atoms with van der Waals surface area (Å²) in [6.45, 7) is 5.84. The molecular formula is C12H18N2O4. The molecule has 1 N–H and O–H groups in total. The second-order valence-corrected chi connectivity index (χ2v) is 4.55. The van der Waals surface area contributed by atoms with E-state index in [1.807, 2.05) is 13.8 Å². The molecule has 0 radical (unpaired) electrons. The zero-order chi connectivity index (χ0) is 13.9. The van der Waals surface area contributed by atoms with E-state index in [2.05, 4.69) is 5.16 Å². The quantitative estimate of drug-likeness (QED) is 0.863. The molecule has 100 valence electrons. The van der Waals surface area contributed by atoms with Crippen molar-refractivity contribution in [1.29, 1.82) is 0 Å². The lowest BCUT2D eigenvalue weighted by atomic mass is 10.1. The van der Waals surface area contributed by atoms with Gasteiger partial charge in [0.25, 0.3) is 5.91 Å². The van der Waals surface area contributed by atoms with Gasteiger partial charge in [-0.2, -0.15) is 0 Å². The summed E-state index contributed by atoms with van der Waals surface area (Å²) in [6.07, 6.45) is -0.0871. The van der Waals surface area contributed by atoms with Crippen LogP contribution in [0.15, 0.2) is 4.52 Å². The van der Waals surface area contributed by atoms with Gasteiger partial charge in [-0.05, 0) is 6.92 Å². The summed E-state index contributed by atoms with van der Waals surface area (Å²) in [5, 5.41) is 12.3. The highest BCUT2D eigenvalue weighted by Gasteiger charge is 2.23. The van der Waals surface area contributed by atoms with Gasteiger partial charge in [0.05, 0.1) is 6.42 Å². The van der Waals surface area contributed by atoms with Crippen LogP contribution in [-0.2, 0) is 4.79 Å². The number of carboxylic acid groups (broad SMARTS) is 1. The number of hydrogen-bond acceptors (Lipinski definition) is 4. The van der Waals surface area contributed by atoms with E-state index in [-0.39, 0.29) is 30.5 Å². The van der Waals surface area contributed by atoms with Crippen LogP contribution >= 0.6 is 0 Å². The Morgan fingerprint density at radius 1 is 1.44 bits per heavy atom. The lowest BCUT2D eigenvalue weighted by Gasteiger charge is -2.14. The van der Waals surface area contributed by atoms with Crippen molar-refractivity contribution in [2.45, 2.75) is 33.1 Å². The smallest absolute Gasteiger partial charge is 0.305 e. The van der Waals surface area contributed by atoms with Gasteiger partial charge in [0, 0.05) is 25.1 Å². The van der Waals surface area contributed by atoms with Gasteiger partial charge >= 0.3 is 5.97 Å². The monoisotopic (exact) mass is 254 g/mol. The second-order valence-electron chi connectivity index (χ2n) is 4.55. The standard InChI is InChI=1S/C12H18N2O4/c1-7(2)11-8(3)10(13-18-11)12(17)14(4)6-5-9(15)16/h7H,5-6H2,1-4H3,(H,15,16). The first kappa shape index (κ1) is 14.2. The van der Waals surface area contributed by atoms with Crippen LogP contribution in [0.5, 0.6) is 0 Å². The predicted molar refractivity (Wildman–Crippen MR) is 64.5 cm³/mol. The summed E-state index contributed by atoms with van der Waals surface area (Å²) in [4.78, 5) is 23.8. The topological polar surface area (TPSA) is 83.6 Å².